The molecule has 0 saturated carbocycles. The average Bonchev–Trinajstić information content (AvgIpc) is 3.19. The van der Waals surface area contributed by atoms with Crippen molar-refractivity contribution in [3.63, 3.8) is 0 Å². The van der Waals surface area contributed by atoms with Gasteiger partial charge in [-0.2, -0.15) is 0 Å². The molecule has 1 aliphatic heterocycles. The number of amides is 2. The van der Waals surface area contributed by atoms with Gasteiger partial charge in [-0.05, 0) is 23.8 Å². The smallest absolute Gasteiger partial charge is 0.260 e. The van der Waals surface area contributed by atoms with E-state index in [0.29, 0.717) is 31.7 Å². The van der Waals surface area contributed by atoms with E-state index in [1.807, 2.05) is 59.3 Å². The van der Waals surface area contributed by atoms with E-state index in [-0.39, 0.29) is 18.4 Å². The van der Waals surface area contributed by atoms with E-state index in [1.165, 1.54) is 0 Å². The molecule has 2 amide bonds. The number of nitrogens with one attached hydrogen (secondary N) is 1. The summed E-state index contributed by atoms with van der Waals surface area (Å²) in [6.45, 7) is 2.02. The number of imidazole rings is 1. The quantitative estimate of drug-likeness (QED) is 0.699. The van der Waals surface area contributed by atoms with E-state index < -0.39 is 0 Å². The zero-order valence-corrected chi connectivity index (χ0v) is 16.0. The lowest BCUT2D eigenvalue weighted by molar-refractivity contribution is -0.133. The van der Waals surface area contributed by atoms with Gasteiger partial charge in [0.1, 0.15) is 5.75 Å². The first kappa shape index (κ1) is 18.7. The second kappa shape index (κ2) is 8.60. The van der Waals surface area contributed by atoms with Gasteiger partial charge in [-0.15, -0.1) is 0 Å². The molecular formula is C22H22N4O3. The van der Waals surface area contributed by atoms with Crippen LogP contribution < -0.4 is 10.1 Å². The van der Waals surface area contributed by atoms with Crippen molar-refractivity contribution in [2.45, 2.75) is 13.1 Å². The van der Waals surface area contributed by atoms with Crippen molar-refractivity contribution in [3.05, 3.63) is 83.9 Å². The monoisotopic (exact) mass is 390 g/mol. The lowest BCUT2D eigenvalue weighted by atomic mass is 10.1. The molecule has 1 aliphatic rings. The predicted molar refractivity (Wildman–Crippen MR) is 107 cm³/mol. The molecule has 29 heavy (non-hydrogen) atoms. The van der Waals surface area contributed by atoms with Crippen LogP contribution in [-0.2, 0) is 17.9 Å². The standard InChI is InChI=1S/C22H22N4O3/c27-21-15-29-20-4-2-1-3-19(20)14-26(21)12-10-24-22(28)18-7-5-17(6-8-18)13-25-11-9-23-16-25/h1-9,11,16H,10,12-15H2,(H,24,28). The van der Waals surface area contributed by atoms with E-state index in [2.05, 4.69) is 10.3 Å². The fraction of sp³-hybridized carbons (Fsp3) is 0.227. The molecular weight excluding hydrogens is 368 g/mol. The fourth-order valence-electron chi connectivity index (χ4n) is 3.26. The maximum atomic E-state index is 12.4. The maximum Gasteiger partial charge on any atom is 0.260 e. The minimum absolute atomic E-state index is 0.0172. The molecule has 0 atom stereocenters. The van der Waals surface area contributed by atoms with Gasteiger partial charge < -0.3 is 19.5 Å². The molecule has 1 N–H and O–H groups in total. The van der Waals surface area contributed by atoms with Crippen molar-refractivity contribution < 1.29 is 14.3 Å². The molecule has 3 aromatic rings. The van der Waals surface area contributed by atoms with E-state index in [9.17, 15) is 9.59 Å². The van der Waals surface area contributed by atoms with Crippen LogP contribution in [-0.4, -0.2) is 46.0 Å². The molecule has 4 rings (SSSR count). The van der Waals surface area contributed by atoms with Crippen LogP contribution in [0.2, 0.25) is 0 Å². The van der Waals surface area contributed by atoms with E-state index in [0.717, 1.165) is 16.9 Å². The van der Waals surface area contributed by atoms with Crippen LogP contribution in [0, 0.1) is 0 Å². The molecule has 0 saturated heterocycles. The number of fused-ring (bicyclic) bond motifs is 1. The summed E-state index contributed by atoms with van der Waals surface area (Å²) in [6.07, 6.45) is 5.39. The van der Waals surface area contributed by atoms with E-state index in [1.54, 1.807) is 17.4 Å². The third kappa shape index (κ3) is 4.63. The van der Waals surface area contributed by atoms with Gasteiger partial charge in [0.15, 0.2) is 6.61 Å². The largest absolute Gasteiger partial charge is 0.483 e. The molecule has 148 valence electrons. The number of ether oxygens (including phenoxy) is 1. The van der Waals surface area contributed by atoms with Crippen molar-refractivity contribution in [2.24, 2.45) is 0 Å². The van der Waals surface area contributed by atoms with E-state index in [4.69, 9.17) is 4.74 Å². The van der Waals surface area contributed by atoms with Crippen molar-refractivity contribution in [1.29, 1.82) is 0 Å². The molecule has 0 spiro atoms. The molecule has 2 heterocycles. The van der Waals surface area contributed by atoms with Gasteiger partial charge in [0, 0.05) is 49.7 Å². The number of carbonyl (C=O) groups excluding carboxylic acids is 2. The summed E-state index contributed by atoms with van der Waals surface area (Å²) < 4.78 is 7.52. The number of carbonyl (C=O) groups is 2. The molecule has 0 radical (unpaired) electrons. The van der Waals surface area contributed by atoms with Crippen LogP contribution >= 0.6 is 0 Å². The highest BCUT2D eigenvalue weighted by Crippen LogP contribution is 2.22. The van der Waals surface area contributed by atoms with Gasteiger partial charge in [0.05, 0.1) is 6.33 Å². The number of nitrogens with zero attached hydrogens (tertiary/aromatic N) is 3. The highest BCUT2D eigenvalue weighted by atomic mass is 16.5. The molecule has 0 bridgehead atoms. The Morgan fingerprint density at radius 3 is 2.76 bits per heavy atom. The van der Waals surface area contributed by atoms with E-state index >= 15 is 0 Å². The van der Waals surface area contributed by atoms with Crippen LogP contribution in [0.3, 0.4) is 0 Å². The topological polar surface area (TPSA) is 76.5 Å². The molecule has 0 fully saturated rings. The number of para-hydroxylation sites is 1. The maximum absolute atomic E-state index is 12.4. The Morgan fingerprint density at radius 2 is 1.97 bits per heavy atom. The summed E-state index contributed by atoms with van der Waals surface area (Å²) in [7, 11) is 0. The van der Waals surface area contributed by atoms with Crippen molar-refractivity contribution in [1.82, 2.24) is 19.8 Å². The number of hydrogen-bond acceptors (Lipinski definition) is 4. The minimum Gasteiger partial charge on any atom is -0.483 e. The number of hydrogen-bond donors (Lipinski definition) is 1. The second-order valence-corrected chi connectivity index (χ2v) is 6.90. The Hall–Kier alpha value is -3.61. The Balaban J connectivity index is 1.30. The summed E-state index contributed by atoms with van der Waals surface area (Å²) >= 11 is 0. The Morgan fingerprint density at radius 1 is 1.14 bits per heavy atom. The first-order chi connectivity index (χ1) is 14.2. The summed E-state index contributed by atoms with van der Waals surface area (Å²) in [5.41, 5.74) is 2.65. The number of aromatic nitrogens is 2. The van der Waals surface area contributed by atoms with Gasteiger partial charge in [-0.1, -0.05) is 30.3 Å². The highest BCUT2D eigenvalue weighted by Gasteiger charge is 2.21. The Labute approximate surface area is 168 Å². The van der Waals surface area contributed by atoms with Crippen LogP contribution in [0.4, 0.5) is 0 Å². The van der Waals surface area contributed by atoms with Gasteiger partial charge in [0.25, 0.3) is 11.8 Å². The van der Waals surface area contributed by atoms with Gasteiger partial charge in [-0.3, -0.25) is 9.59 Å². The Bertz CT molecular complexity index is 984. The van der Waals surface area contributed by atoms with Crippen LogP contribution in [0.25, 0.3) is 0 Å². The molecule has 7 heteroatoms. The third-order valence-corrected chi connectivity index (χ3v) is 4.85. The van der Waals surface area contributed by atoms with Crippen LogP contribution in [0.5, 0.6) is 5.75 Å². The number of rotatable bonds is 6. The lowest BCUT2D eigenvalue weighted by Crippen LogP contribution is -2.39. The van der Waals surface area contributed by atoms with Crippen molar-refractivity contribution in [3.8, 4) is 5.75 Å². The molecule has 0 unspecified atom stereocenters. The van der Waals surface area contributed by atoms with Gasteiger partial charge in [-0.25, -0.2) is 4.98 Å². The first-order valence-corrected chi connectivity index (χ1v) is 9.50. The summed E-state index contributed by atoms with van der Waals surface area (Å²) in [4.78, 5) is 30.4. The zero-order valence-electron chi connectivity index (χ0n) is 16.0. The van der Waals surface area contributed by atoms with Crippen LogP contribution in [0.15, 0.2) is 67.3 Å². The number of benzene rings is 2. The summed E-state index contributed by atoms with van der Waals surface area (Å²) in [5.74, 6) is 0.501. The predicted octanol–water partition coefficient (Wildman–Crippen LogP) is 2.08. The normalized spacial score (nSPS) is 13.4. The van der Waals surface area contributed by atoms with Crippen LogP contribution in [0.1, 0.15) is 21.5 Å². The third-order valence-electron chi connectivity index (χ3n) is 4.85. The lowest BCUT2D eigenvalue weighted by Gasteiger charge is -2.20. The SMILES string of the molecule is O=C(NCCN1Cc2ccccc2OCC1=O)c1ccc(Cn2ccnc2)cc1. The van der Waals surface area contributed by atoms with Crippen molar-refractivity contribution in [2.75, 3.05) is 19.7 Å². The van der Waals surface area contributed by atoms with Gasteiger partial charge in [0.2, 0.25) is 0 Å². The molecule has 1 aromatic heterocycles. The fourth-order valence-corrected chi connectivity index (χ4v) is 3.26. The molecule has 7 nitrogen and oxygen atoms in total. The minimum atomic E-state index is -0.155. The van der Waals surface area contributed by atoms with Gasteiger partial charge >= 0.3 is 0 Å². The Kier molecular flexibility index (Phi) is 5.56. The molecule has 2 aromatic carbocycles. The molecule has 0 aliphatic carbocycles. The average molecular weight is 390 g/mol. The second-order valence-electron chi connectivity index (χ2n) is 6.90. The summed E-state index contributed by atoms with van der Waals surface area (Å²) in [6, 6.07) is 15.1. The first-order valence-electron chi connectivity index (χ1n) is 9.50. The van der Waals surface area contributed by atoms with Crippen molar-refractivity contribution >= 4 is 11.8 Å². The zero-order chi connectivity index (χ0) is 20.1. The summed E-state index contributed by atoms with van der Waals surface area (Å²) in [5, 5.41) is 2.89. The highest BCUT2D eigenvalue weighted by molar-refractivity contribution is 5.94.